The number of nitrogens with zero attached hydrogens (tertiary/aromatic N) is 1. The molecule has 80 valence electrons. The van der Waals surface area contributed by atoms with E-state index < -0.39 is 17.8 Å². The molecule has 0 bridgehead atoms. The average Bonchev–Trinajstić information content (AvgIpc) is 2.16. The number of rotatable bonds is 4. The Kier molecular flexibility index (Phi) is 3.33. The second-order valence-electron chi connectivity index (χ2n) is 2.94. The molecule has 1 unspecified atom stereocenters. The molecular formula is C9H8FNO4. The van der Waals surface area contributed by atoms with Gasteiger partial charge in [-0.15, -0.1) is 4.91 Å². The summed E-state index contributed by atoms with van der Waals surface area (Å²) >= 11 is 0. The fourth-order valence-electron chi connectivity index (χ4n) is 1.08. The van der Waals surface area contributed by atoms with Crippen LogP contribution < -0.4 is 0 Å². The van der Waals surface area contributed by atoms with Crippen LogP contribution in [0.5, 0.6) is 5.75 Å². The van der Waals surface area contributed by atoms with E-state index >= 15 is 0 Å². The highest BCUT2D eigenvalue weighted by Crippen LogP contribution is 2.17. The Morgan fingerprint density at radius 2 is 2.20 bits per heavy atom. The van der Waals surface area contributed by atoms with Crippen LogP contribution in [0.3, 0.4) is 0 Å². The summed E-state index contributed by atoms with van der Waals surface area (Å²) in [6.07, 6.45) is -0.328. The van der Waals surface area contributed by atoms with Crippen molar-refractivity contribution in [1.29, 1.82) is 0 Å². The van der Waals surface area contributed by atoms with Crippen LogP contribution in [0.4, 0.5) is 4.39 Å². The van der Waals surface area contributed by atoms with Crippen molar-refractivity contribution in [1.82, 2.24) is 0 Å². The van der Waals surface area contributed by atoms with Crippen molar-refractivity contribution in [2.75, 3.05) is 0 Å². The van der Waals surface area contributed by atoms with E-state index in [1.807, 2.05) is 0 Å². The van der Waals surface area contributed by atoms with Gasteiger partial charge < -0.3 is 10.2 Å². The van der Waals surface area contributed by atoms with Gasteiger partial charge >= 0.3 is 5.97 Å². The van der Waals surface area contributed by atoms with Crippen molar-refractivity contribution in [3.63, 3.8) is 0 Å². The molecule has 0 aliphatic rings. The van der Waals surface area contributed by atoms with Crippen molar-refractivity contribution < 1.29 is 19.4 Å². The van der Waals surface area contributed by atoms with Crippen LogP contribution >= 0.6 is 0 Å². The molecule has 0 amide bonds. The number of phenolic OH excluding ortho intramolecular Hbond substituents is 1. The number of aliphatic carboxylic acids is 1. The molecule has 0 fully saturated rings. The van der Waals surface area contributed by atoms with Gasteiger partial charge in [-0.3, -0.25) is 0 Å². The summed E-state index contributed by atoms with van der Waals surface area (Å²) in [5.41, 5.74) is 0.0276. The highest BCUT2D eigenvalue weighted by atomic mass is 19.1. The number of benzene rings is 1. The third kappa shape index (κ3) is 2.73. The van der Waals surface area contributed by atoms with Gasteiger partial charge in [0.05, 0.1) is 0 Å². The van der Waals surface area contributed by atoms with Crippen LogP contribution in [0.2, 0.25) is 0 Å². The highest BCUT2D eigenvalue weighted by molar-refractivity contribution is 5.74. The molecule has 1 atom stereocenters. The Labute approximate surface area is 84.1 Å². The molecule has 6 heteroatoms. The number of hydrogen-bond donors (Lipinski definition) is 2. The first-order valence-corrected chi connectivity index (χ1v) is 4.07. The van der Waals surface area contributed by atoms with Gasteiger partial charge in [0.15, 0.2) is 6.04 Å². The zero-order chi connectivity index (χ0) is 11.4. The number of halogens is 1. The minimum atomic E-state index is -1.51. The largest absolute Gasteiger partial charge is 0.508 e. The number of carboxylic acid groups (broad SMARTS) is 1. The van der Waals surface area contributed by atoms with Gasteiger partial charge in [-0.05, 0) is 11.6 Å². The van der Waals surface area contributed by atoms with E-state index in [1.165, 1.54) is 12.1 Å². The number of aromatic hydroxyl groups is 1. The van der Waals surface area contributed by atoms with Gasteiger partial charge in [-0.25, -0.2) is 9.18 Å². The van der Waals surface area contributed by atoms with Crippen LogP contribution in [0.15, 0.2) is 23.4 Å². The quantitative estimate of drug-likeness (QED) is 0.738. The lowest BCUT2D eigenvalue weighted by atomic mass is 10.1. The highest BCUT2D eigenvalue weighted by Gasteiger charge is 2.20. The number of carbonyl (C=O) groups is 1. The Morgan fingerprint density at radius 1 is 1.53 bits per heavy atom. The van der Waals surface area contributed by atoms with Crippen molar-refractivity contribution >= 4 is 5.97 Å². The third-order valence-corrected chi connectivity index (χ3v) is 1.86. The van der Waals surface area contributed by atoms with Gasteiger partial charge in [0.2, 0.25) is 0 Å². The zero-order valence-corrected chi connectivity index (χ0v) is 7.55. The van der Waals surface area contributed by atoms with Crippen LogP contribution in [0, 0.1) is 10.7 Å². The van der Waals surface area contributed by atoms with Crippen molar-refractivity contribution in [2.45, 2.75) is 12.5 Å². The third-order valence-electron chi connectivity index (χ3n) is 1.86. The van der Waals surface area contributed by atoms with E-state index in [2.05, 4.69) is 5.18 Å². The van der Waals surface area contributed by atoms with Crippen LogP contribution in [0.1, 0.15) is 5.56 Å². The fraction of sp³-hybridized carbons (Fsp3) is 0.222. The molecule has 15 heavy (non-hydrogen) atoms. The number of carboxylic acids is 1. The standard InChI is InChI=1S/C9H8FNO4/c10-7-4-6(12)2-1-5(7)3-8(11-15)9(13)14/h1-2,4,8,12H,3H2,(H,13,14). The van der Waals surface area contributed by atoms with Crippen LogP contribution in [-0.2, 0) is 11.2 Å². The molecule has 1 aromatic carbocycles. The Morgan fingerprint density at radius 3 is 2.67 bits per heavy atom. The van der Waals surface area contributed by atoms with Crippen molar-refractivity contribution in [3.8, 4) is 5.75 Å². The molecule has 2 N–H and O–H groups in total. The smallest absolute Gasteiger partial charge is 0.332 e. The van der Waals surface area contributed by atoms with Crippen molar-refractivity contribution in [2.24, 2.45) is 5.18 Å². The Hall–Kier alpha value is -1.98. The normalized spacial score (nSPS) is 12.1. The lowest BCUT2D eigenvalue weighted by molar-refractivity contribution is -0.138. The molecule has 0 aliphatic heterocycles. The van der Waals surface area contributed by atoms with E-state index in [0.29, 0.717) is 0 Å². The SMILES string of the molecule is O=NC(Cc1ccc(O)cc1F)C(=O)O. The van der Waals surface area contributed by atoms with E-state index in [0.717, 1.165) is 6.07 Å². The first-order chi connectivity index (χ1) is 7.04. The predicted octanol–water partition coefficient (Wildman–Crippen LogP) is 1.29. The van der Waals surface area contributed by atoms with Crippen LogP contribution in [-0.4, -0.2) is 22.2 Å². The second-order valence-corrected chi connectivity index (χ2v) is 2.94. The molecule has 0 saturated carbocycles. The predicted molar refractivity (Wildman–Crippen MR) is 49.0 cm³/mol. The summed E-state index contributed by atoms with van der Waals surface area (Å²) in [7, 11) is 0. The number of hydrogen-bond acceptors (Lipinski definition) is 4. The summed E-state index contributed by atoms with van der Waals surface area (Å²) in [4.78, 5) is 20.6. The maximum Gasteiger partial charge on any atom is 0.332 e. The molecule has 0 aromatic heterocycles. The monoisotopic (exact) mass is 213 g/mol. The zero-order valence-electron chi connectivity index (χ0n) is 7.55. The molecule has 0 radical (unpaired) electrons. The van der Waals surface area contributed by atoms with E-state index in [4.69, 9.17) is 10.2 Å². The molecule has 0 aliphatic carbocycles. The molecule has 0 spiro atoms. The lowest BCUT2D eigenvalue weighted by Crippen LogP contribution is -2.20. The molecule has 0 heterocycles. The molecule has 1 aromatic rings. The van der Waals surface area contributed by atoms with E-state index in [-0.39, 0.29) is 17.7 Å². The lowest BCUT2D eigenvalue weighted by Gasteiger charge is -2.05. The fourth-order valence-corrected chi connectivity index (χ4v) is 1.08. The van der Waals surface area contributed by atoms with Gasteiger partial charge in [0.1, 0.15) is 11.6 Å². The Balaban J connectivity index is 2.88. The van der Waals surface area contributed by atoms with E-state index in [9.17, 15) is 14.1 Å². The molecule has 0 saturated heterocycles. The minimum absolute atomic E-state index is 0.0276. The second kappa shape index (κ2) is 4.50. The van der Waals surface area contributed by atoms with Gasteiger partial charge in [0.25, 0.3) is 0 Å². The first kappa shape index (κ1) is 11.1. The Bertz CT molecular complexity index is 394. The summed E-state index contributed by atoms with van der Waals surface area (Å²) in [6, 6.07) is 1.76. The summed E-state index contributed by atoms with van der Waals surface area (Å²) in [6.45, 7) is 0. The topological polar surface area (TPSA) is 87.0 Å². The van der Waals surface area contributed by atoms with Gasteiger partial charge in [-0.1, -0.05) is 11.2 Å². The number of phenols is 1. The average molecular weight is 213 g/mol. The van der Waals surface area contributed by atoms with E-state index in [1.54, 1.807) is 0 Å². The maximum absolute atomic E-state index is 13.1. The summed E-state index contributed by atoms with van der Waals surface area (Å²) in [5, 5.41) is 19.8. The molecule has 5 nitrogen and oxygen atoms in total. The number of nitroso groups, excluding NO2 is 1. The summed E-state index contributed by atoms with van der Waals surface area (Å²) in [5.74, 6) is -2.43. The molecular weight excluding hydrogens is 205 g/mol. The minimum Gasteiger partial charge on any atom is -0.508 e. The van der Waals surface area contributed by atoms with Crippen molar-refractivity contribution in [3.05, 3.63) is 34.5 Å². The van der Waals surface area contributed by atoms with Gasteiger partial charge in [0, 0.05) is 12.5 Å². The van der Waals surface area contributed by atoms with Gasteiger partial charge in [-0.2, -0.15) is 0 Å². The summed E-state index contributed by atoms with van der Waals surface area (Å²) < 4.78 is 13.1. The molecule has 1 rings (SSSR count). The maximum atomic E-state index is 13.1. The van der Waals surface area contributed by atoms with Crippen LogP contribution in [0.25, 0.3) is 0 Å². The first-order valence-electron chi connectivity index (χ1n) is 4.07.